The summed E-state index contributed by atoms with van der Waals surface area (Å²) >= 11 is 0. The minimum atomic E-state index is 0.344. The van der Waals surface area contributed by atoms with Crippen molar-refractivity contribution in [2.45, 2.75) is 38.5 Å². The number of anilines is 1. The van der Waals surface area contributed by atoms with Gasteiger partial charge in [0.2, 0.25) is 11.9 Å². The smallest absolute Gasteiger partial charge is 0.222 e. The van der Waals surface area contributed by atoms with Crippen LogP contribution < -0.4 is 4.90 Å². The predicted molar refractivity (Wildman–Crippen MR) is 101 cm³/mol. The highest BCUT2D eigenvalue weighted by molar-refractivity contribution is 5.79. The van der Waals surface area contributed by atoms with Crippen molar-refractivity contribution >= 4 is 22.9 Å². The maximum absolute atomic E-state index is 12.5. The van der Waals surface area contributed by atoms with E-state index in [1.54, 1.807) is 0 Å². The number of fused-ring (bicyclic) bond motifs is 1. The number of nitrogens with zero attached hydrogens (tertiary/aromatic N) is 4. The van der Waals surface area contributed by atoms with E-state index in [1.807, 2.05) is 11.0 Å². The van der Waals surface area contributed by atoms with E-state index in [0.717, 1.165) is 61.9 Å². The van der Waals surface area contributed by atoms with Crippen molar-refractivity contribution in [2.24, 2.45) is 13.0 Å². The third-order valence-electron chi connectivity index (χ3n) is 5.92. The highest BCUT2D eigenvalue weighted by atomic mass is 16.2. The van der Waals surface area contributed by atoms with Crippen LogP contribution in [0.25, 0.3) is 11.0 Å². The molecule has 0 N–H and O–H groups in total. The molecule has 1 aliphatic heterocycles. The Kier molecular flexibility index (Phi) is 4.64. The summed E-state index contributed by atoms with van der Waals surface area (Å²) in [6.07, 6.45) is 7.19. The second-order valence-corrected chi connectivity index (χ2v) is 7.52. The fourth-order valence-corrected chi connectivity index (χ4v) is 4.36. The van der Waals surface area contributed by atoms with Crippen molar-refractivity contribution in [3.8, 4) is 0 Å². The maximum Gasteiger partial charge on any atom is 0.222 e. The lowest BCUT2D eigenvalue weighted by atomic mass is 10.0. The molecule has 4 rings (SSSR count). The van der Waals surface area contributed by atoms with Crippen LogP contribution in [0.5, 0.6) is 0 Å². The molecular formula is C20H28N4O. The highest BCUT2D eigenvalue weighted by Gasteiger charge is 2.25. The third kappa shape index (κ3) is 3.37. The van der Waals surface area contributed by atoms with Crippen molar-refractivity contribution in [2.75, 3.05) is 31.1 Å². The maximum atomic E-state index is 12.5. The van der Waals surface area contributed by atoms with Crippen LogP contribution >= 0.6 is 0 Å². The van der Waals surface area contributed by atoms with Crippen molar-refractivity contribution in [3.63, 3.8) is 0 Å². The van der Waals surface area contributed by atoms with E-state index in [-0.39, 0.29) is 0 Å². The van der Waals surface area contributed by atoms with Crippen LogP contribution in [0.3, 0.4) is 0 Å². The molecule has 2 aliphatic rings. The zero-order valence-electron chi connectivity index (χ0n) is 15.2. The van der Waals surface area contributed by atoms with Gasteiger partial charge in [-0.1, -0.05) is 37.8 Å². The Morgan fingerprint density at radius 3 is 2.56 bits per heavy atom. The molecule has 5 nitrogen and oxygen atoms in total. The van der Waals surface area contributed by atoms with Gasteiger partial charge < -0.3 is 14.4 Å². The van der Waals surface area contributed by atoms with Crippen LogP contribution in [0.1, 0.15) is 38.5 Å². The van der Waals surface area contributed by atoms with Crippen LogP contribution in [0, 0.1) is 5.92 Å². The molecule has 0 spiro atoms. The third-order valence-corrected chi connectivity index (χ3v) is 5.92. The van der Waals surface area contributed by atoms with Crippen LogP contribution in [0.15, 0.2) is 24.3 Å². The fraction of sp³-hybridized carbons (Fsp3) is 0.600. The van der Waals surface area contributed by atoms with Crippen molar-refractivity contribution in [1.82, 2.24) is 14.5 Å². The number of aromatic nitrogens is 2. The molecule has 25 heavy (non-hydrogen) atoms. The molecule has 0 unspecified atom stereocenters. The molecule has 2 aromatic rings. The molecule has 134 valence electrons. The summed E-state index contributed by atoms with van der Waals surface area (Å²) in [6.45, 7) is 3.36. The number of hydrogen-bond donors (Lipinski definition) is 0. The highest BCUT2D eigenvalue weighted by Crippen LogP contribution is 2.29. The molecule has 5 heteroatoms. The molecule has 1 aromatic carbocycles. The number of carbonyl (C=O) groups is 1. The monoisotopic (exact) mass is 340 g/mol. The minimum Gasteiger partial charge on any atom is -0.339 e. The minimum absolute atomic E-state index is 0.344. The molecule has 2 fully saturated rings. The van der Waals surface area contributed by atoms with Crippen LogP contribution in [-0.4, -0.2) is 46.5 Å². The molecule has 1 saturated carbocycles. The lowest BCUT2D eigenvalue weighted by molar-refractivity contribution is -0.131. The van der Waals surface area contributed by atoms with Gasteiger partial charge >= 0.3 is 0 Å². The summed E-state index contributed by atoms with van der Waals surface area (Å²) in [5.41, 5.74) is 2.20. The number of imidazole rings is 1. The molecule has 1 amide bonds. The van der Waals surface area contributed by atoms with Gasteiger partial charge in [0.25, 0.3) is 0 Å². The number of rotatable bonds is 4. The van der Waals surface area contributed by atoms with Crippen LogP contribution in [0.4, 0.5) is 5.95 Å². The van der Waals surface area contributed by atoms with Gasteiger partial charge in [0.05, 0.1) is 11.0 Å². The summed E-state index contributed by atoms with van der Waals surface area (Å²) in [5, 5.41) is 0. The molecule has 0 bridgehead atoms. The molecule has 0 atom stereocenters. The first-order chi connectivity index (χ1) is 12.2. The van der Waals surface area contributed by atoms with E-state index < -0.39 is 0 Å². The van der Waals surface area contributed by atoms with Crippen LogP contribution in [-0.2, 0) is 11.8 Å². The largest absolute Gasteiger partial charge is 0.339 e. The van der Waals surface area contributed by atoms with Gasteiger partial charge in [-0.2, -0.15) is 0 Å². The Morgan fingerprint density at radius 1 is 1.12 bits per heavy atom. The normalized spacial score (nSPS) is 19.1. The van der Waals surface area contributed by atoms with Crippen molar-refractivity contribution < 1.29 is 4.79 Å². The van der Waals surface area contributed by atoms with Gasteiger partial charge in [0.15, 0.2) is 0 Å². The molecule has 0 radical (unpaired) electrons. The first-order valence-electron chi connectivity index (χ1n) is 9.66. The Hall–Kier alpha value is -2.04. The zero-order valence-corrected chi connectivity index (χ0v) is 15.2. The quantitative estimate of drug-likeness (QED) is 0.858. The Labute approximate surface area is 149 Å². The summed E-state index contributed by atoms with van der Waals surface area (Å²) in [4.78, 5) is 21.6. The lowest BCUT2D eigenvalue weighted by Gasteiger charge is -2.35. The number of benzene rings is 1. The van der Waals surface area contributed by atoms with E-state index in [9.17, 15) is 4.79 Å². The summed E-state index contributed by atoms with van der Waals surface area (Å²) < 4.78 is 2.16. The van der Waals surface area contributed by atoms with E-state index >= 15 is 0 Å². The number of amides is 1. The summed E-state index contributed by atoms with van der Waals surface area (Å²) in [7, 11) is 2.07. The van der Waals surface area contributed by atoms with E-state index in [2.05, 4.69) is 34.7 Å². The number of hydrogen-bond acceptors (Lipinski definition) is 3. The number of carbonyl (C=O) groups excluding carboxylic acids is 1. The topological polar surface area (TPSA) is 41.4 Å². The number of para-hydroxylation sites is 2. The average Bonchev–Trinajstić information content (AvgIpc) is 3.28. The Balaban J connectivity index is 1.34. The molecule has 2 heterocycles. The number of aryl methyl sites for hydroxylation is 1. The zero-order chi connectivity index (χ0) is 17.2. The number of piperazine rings is 1. The van der Waals surface area contributed by atoms with Gasteiger partial charge in [-0.15, -0.1) is 0 Å². The van der Waals surface area contributed by atoms with Gasteiger partial charge in [-0.25, -0.2) is 4.98 Å². The fourth-order valence-electron chi connectivity index (χ4n) is 4.36. The molecule has 1 aromatic heterocycles. The van der Waals surface area contributed by atoms with Crippen molar-refractivity contribution in [1.29, 1.82) is 0 Å². The van der Waals surface area contributed by atoms with E-state index in [1.165, 1.54) is 25.7 Å². The van der Waals surface area contributed by atoms with E-state index in [0.29, 0.717) is 5.91 Å². The van der Waals surface area contributed by atoms with Gasteiger partial charge in [-0.3, -0.25) is 4.79 Å². The van der Waals surface area contributed by atoms with Gasteiger partial charge in [0.1, 0.15) is 0 Å². The van der Waals surface area contributed by atoms with E-state index in [4.69, 9.17) is 4.98 Å². The average molecular weight is 340 g/mol. The SMILES string of the molecule is Cn1c(N2CCN(C(=O)CCC3CCCC3)CC2)nc2ccccc21. The Bertz CT molecular complexity index is 739. The molecule has 1 aliphatic carbocycles. The predicted octanol–water partition coefficient (Wildman–Crippen LogP) is 3.19. The second-order valence-electron chi connectivity index (χ2n) is 7.52. The standard InChI is InChI=1S/C20H28N4O/c1-22-18-9-5-4-8-17(18)21-20(22)24-14-12-23(13-15-24)19(25)11-10-16-6-2-3-7-16/h4-5,8-9,16H,2-3,6-7,10-15H2,1H3. The summed E-state index contributed by atoms with van der Waals surface area (Å²) in [5.74, 6) is 2.15. The van der Waals surface area contributed by atoms with Crippen molar-refractivity contribution in [3.05, 3.63) is 24.3 Å². The molecular weight excluding hydrogens is 312 g/mol. The van der Waals surface area contributed by atoms with Gasteiger partial charge in [-0.05, 0) is 24.5 Å². The summed E-state index contributed by atoms with van der Waals surface area (Å²) in [6, 6.07) is 8.24. The first-order valence-corrected chi connectivity index (χ1v) is 9.66. The second kappa shape index (κ2) is 7.06. The van der Waals surface area contributed by atoms with Gasteiger partial charge in [0, 0.05) is 39.6 Å². The molecule has 1 saturated heterocycles. The first kappa shape index (κ1) is 16.4. The Morgan fingerprint density at radius 2 is 1.84 bits per heavy atom. The van der Waals surface area contributed by atoms with Crippen LogP contribution in [0.2, 0.25) is 0 Å². The lowest BCUT2D eigenvalue weighted by Crippen LogP contribution is -2.49.